The van der Waals surface area contributed by atoms with Crippen molar-refractivity contribution in [2.75, 3.05) is 13.1 Å². The van der Waals surface area contributed by atoms with Crippen LogP contribution in [0.25, 0.3) is 0 Å². The lowest BCUT2D eigenvalue weighted by atomic mass is 9.95. The minimum absolute atomic E-state index is 0.0431. The summed E-state index contributed by atoms with van der Waals surface area (Å²) in [5.41, 5.74) is -0.155. The molecule has 2 nitrogen and oxygen atoms in total. The van der Waals surface area contributed by atoms with Crippen LogP contribution in [0.5, 0.6) is 0 Å². The van der Waals surface area contributed by atoms with E-state index in [1.165, 1.54) is 12.1 Å². The summed E-state index contributed by atoms with van der Waals surface area (Å²) in [7, 11) is 0. The van der Waals surface area contributed by atoms with E-state index in [0.29, 0.717) is 0 Å². The lowest BCUT2D eigenvalue weighted by molar-refractivity contribution is -0.142. The third kappa shape index (κ3) is 5.94. The highest BCUT2D eigenvalue weighted by molar-refractivity contribution is 9.10. The number of rotatable bonds is 3. The van der Waals surface area contributed by atoms with E-state index in [9.17, 15) is 18.0 Å². The zero-order valence-corrected chi connectivity index (χ0v) is 13.2. The van der Waals surface area contributed by atoms with Crippen LogP contribution < -0.4 is 0 Å². The summed E-state index contributed by atoms with van der Waals surface area (Å²) in [6, 6.07) is 6.29. The highest BCUT2D eigenvalue weighted by Crippen LogP contribution is 2.23. The van der Waals surface area contributed by atoms with Gasteiger partial charge < -0.3 is 4.90 Å². The Bertz CT molecular complexity index is 447. The van der Waals surface area contributed by atoms with Gasteiger partial charge in [-0.05, 0) is 29.7 Å². The van der Waals surface area contributed by atoms with Gasteiger partial charge in [0.25, 0.3) is 5.91 Å². The molecule has 0 heterocycles. The lowest BCUT2D eigenvalue weighted by Crippen LogP contribution is -2.43. The van der Waals surface area contributed by atoms with E-state index in [0.717, 1.165) is 9.37 Å². The van der Waals surface area contributed by atoms with Crippen LogP contribution in [0.15, 0.2) is 28.7 Å². The Morgan fingerprint density at radius 3 is 2.00 bits per heavy atom. The number of amides is 1. The second-order valence-corrected chi connectivity index (χ2v) is 6.76. The topological polar surface area (TPSA) is 20.3 Å². The first-order valence-electron chi connectivity index (χ1n) is 6.09. The van der Waals surface area contributed by atoms with E-state index < -0.39 is 24.0 Å². The van der Waals surface area contributed by atoms with Gasteiger partial charge in [0.15, 0.2) is 0 Å². The van der Waals surface area contributed by atoms with E-state index >= 15 is 0 Å². The maximum Gasteiger partial charge on any atom is 0.406 e. The van der Waals surface area contributed by atoms with Crippen LogP contribution in [0, 0.1) is 5.41 Å². The first kappa shape index (κ1) is 17.0. The van der Waals surface area contributed by atoms with E-state index in [4.69, 9.17) is 0 Å². The Labute approximate surface area is 125 Å². The Morgan fingerprint density at radius 2 is 1.60 bits per heavy atom. The van der Waals surface area contributed by atoms with Crippen LogP contribution in [0.3, 0.4) is 0 Å². The van der Waals surface area contributed by atoms with Gasteiger partial charge in [0.05, 0.1) is 0 Å². The van der Waals surface area contributed by atoms with E-state index in [1.807, 2.05) is 0 Å². The predicted octanol–water partition coefficient (Wildman–Crippen LogP) is 4.50. The van der Waals surface area contributed by atoms with Crippen molar-refractivity contribution in [3.8, 4) is 0 Å². The molecule has 0 aromatic heterocycles. The Kier molecular flexibility index (Phi) is 5.24. The van der Waals surface area contributed by atoms with Gasteiger partial charge in [0, 0.05) is 16.6 Å². The van der Waals surface area contributed by atoms with Crippen molar-refractivity contribution in [3.05, 3.63) is 34.3 Å². The summed E-state index contributed by atoms with van der Waals surface area (Å²) in [4.78, 5) is 13.1. The number of alkyl halides is 3. The van der Waals surface area contributed by atoms with Gasteiger partial charge in [-0.3, -0.25) is 4.79 Å². The van der Waals surface area contributed by atoms with Crippen molar-refractivity contribution in [2.45, 2.75) is 26.9 Å². The highest BCUT2D eigenvalue weighted by atomic mass is 79.9. The molecule has 1 aromatic carbocycles. The number of benzene rings is 1. The summed E-state index contributed by atoms with van der Waals surface area (Å²) in [6.07, 6.45) is -4.41. The maximum atomic E-state index is 12.6. The Balaban J connectivity index is 2.97. The standard InChI is InChI=1S/C14H17BrF3NO/c1-13(2,3)8-19(9-14(16,17)18)12(20)10-4-6-11(15)7-5-10/h4-7H,8-9H2,1-3H3. The molecule has 6 heteroatoms. The van der Waals surface area contributed by atoms with E-state index in [1.54, 1.807) is 32.9 Å². The molecule has 1 rings (SSSR count). The first-order chi connectivity index (χ1) is 8.98. The number of hydrogen-bond donors (Lipinski definition) is 0. The van der Waals surface area contributed by atoms with E-state index in [-0.39, 0.29) is 12.1 Å². The third-order valence-corrected chi connectivity index (χ3v) is 2.94. The number of hydrogen-bond acceptors (Lipinski definition) is 1. The highest BCUT2D eigenvalue weighted by Gasteiger charge is 2.35. The summed E-state index contributed by atoms with van der Waals surface area (Å²) in [5.74, 6) is -0.607. The molecule has 1 aromatic rings. The first-order valence-corrected chi connectivity index (χ1v) is 6.89. The van der Waals surface area contributed by atoms with Gasteiger partial charge in [-0.1, -0.05) is 36.7 Å². The third-order valence-electron chi connectivity index (χ3n) is 2.41. The molecule has 0 saturated heterocycles. The zero-order chi connectivity index (χ0) is 15.6. The van der Waals surface area contributed by atoms with Crippen molar-refractivity contribution >= 4 is 21.8 Å². The van der Waals surface area contributed by atoms with Gasteiger partial charge in [-0.25, -0.2) is 0 Å². The molecule has 0 fully saturated rings. The predicted molar refractivity (Wildman–Crippen MR) is 75.6 cm³/mol. The quantitative estimate of drug-likeness (QED) is 0.784. The molecule has 0 radical (unpaired) electrons. The van der Waals surface area contributed by atoms with Crippen LogP contribution in [0.1, 0.15) is 31.1 Å². The van der Waals surface area contributed by atoms with Crippen LogP contribution in [0.2, 0.25) is 0 Å². The van der Waals surface area contributed by atoms with Crippen molar-refractivity contribution in [1.82, 2.24) is 4.90 Å². The second-order valence-electron chi connectivity index (χ2n) is 5.84. The fraction of sp³-hybridized carbons (Fsp3) is 0.500. The van der Waals surface area contributed by atoms with Crippen LogP contribution in [-0.4, -0.2) is 30.1 Å². The number of carbonyl (C=O) groups is 1. The molecule has 0 spiro atoms. The van der Waals surface area contributed by atoms with Crippen LogP contribution in [-0.2, 0) is 0 Å². The molecule has 0 aliphatic heterocycles. The largest absolute Gasteiger partial charge is 0.406 e. The molecule has 0 saturated carbocycles. The monoisotopic (exact) mass is 351 g/mol. The lowest BCUT2D eigenvalue weighted by Gasteiger charge is -2.30. The van der Waals surface area contributed by atoms with Crippen molar-refractivity contribution in [1.29, 1.82) is 0 Å². The summed E-state index contributed by atoms with van der Waals surface area (Å²) < 4.78 is 38.6. The average molecular weight is 352 g/mol. The molecule has 112 valence electrons. The molecule has 0 bridgehead atoms. The Hall–Kier alpha value is -1.04. The molecule has 0 unspecified atom stereocenters. The fourth-order valence-electron chi connectivity index (χ4n) is 1.76. The molecule has 0 aliphatic carbocycles. The van der Waals surface area contributed by atoms with Gasteiger partial charge in [0.2, 0.25) is 0 Å². The molecular formula is C14H17BrF3NO. The number of halogens is 4. The zero-order valence-electron chi connectivity index (χ0n) is 11.6. The molecule has 1 amide bonds. The normalized spacial score (nSPS) is 12.3. The molecular weight excluding hydrogens is 335 g/mol. The summed E-state index contributed by atoms with van der Waals surface area (Å²) in [5, 5.41) is 0. The molecule has 20 heavy (non-hydrogen) atoms. The van der Waals surface area contributed by atoms with Gasteiger partial charge >= 0.3 is 6.18 Å². The SMILES string of the molecule is CC(C)(C)CN(CC(F)(F)F)C(=O)c1ccc(Br)cc1. The van der Waals surface area contributed by atoms with Gasteiger partial charge in [-0.2, -0.15) is 13.2 Å². The fourth-order valence-corrected chi connectivity index (χ4v) is 2.03. The average Bonchev–Trinajstić information content (AvgIpc) is 2.24. The minimum atomic E-state index is -4.41. The molecule has 0 atom stereocenters. The second kappa shape index (κ2) is 6.16. The van der Waals surface area contributed by atoms with Gasteiger partial charge in [-0.15, -0.1) is 0 Å². The Morgan fingerprint density at radius 1 is 1.10 bits per heavy atom. The van der Waals surface area contributed by atoms with E-state index in [2.05, 4.69) is 15.9 Å². The minimum Gasteiger partial charge on any atom is -0.329 e. The summed E-state index contributed by atoms with van der Waals surface area (Å²) in [6.45, 7) is 4.20. The smallest absolute Gasteiger partial charge is 0.329 e. The van der Waals surface area contributed by atoms with Crippen LogP contribution >= 0.6 is 15.9 Å². The summed E-state index contributed by atoms with van der Waals surface area (Å²) >= 11 is 3.22. The number of nitrogens with zero attached hydrogens (tertiary/aromatic N) is 1. The molecule has 0 N–H and O–H groups in total. The van der Waals surface area contributed by atoms with Crippen molar-refractivity contribution in [3.63, 3.8) is 0 Å². The number of carbonyl (C=O) groups excluding carboxylic acids is 1. The van der Waals surface area contributed by atoms with Gasteiger partial charge in [0.1, 0.15) is 6.54 Å². The van der Waals surface area contributed by atoms with Crippen LogP contribution in [0.4, 0.5) is 13.2 Å². The molecule has 0 aliphatic rings. The van der Waals surface area contributed by atoms with Crippen molar-refractivity contribution in [2.24, 2.45) is 5.41 Å². The van der Waals surface area contributed by atoms with Crippen molar-refractivity contribution < 1.29 is 18.0 Å². The maximum absolute atomic E-state index is 12.6.